The number of isocyanates is 1. The van der Waals surface area contributed by atoms with E-state index in [4.69, 9.17) is 0 Å². The molecule has 0 bridgehead atoms. The molecule has 0 aliphatic heterocycles. The second-order valence-corrected chi connectivity index (χ2v) is 4.40. The van der Waals surface area contributed by atoms with Crippen LogP contribution in [0.1, 0.15) is 32.4 Å². The maximum absolute atomic E-state index is 10.3. The molecule has 0 fully saturated rings. The Morgan fingerprint density at radius 2 is 1.79 bits per heavy atom. The smallest absolute Gasteiger partial charge is 0.211 e. The fourth-order valence-electron chi connectivity index (χ4n) is 1.46. The molecule has 0 aliphatic rings. The summed E-state index contributed by atoms with van der Waals surface area (Å²) in [7, 11) is 0. The Morgan fingerprint density at radius 1 is 1.21 bits per heavy atom. The second kappa shape index (κ2) is 4.21. The van der Waals surface area contributed by atoms with Gasteiger partial charge in [0.1, 0.15) is 0 Å². The summed E-state index contributed by atoms with van der Waals surface area (Å²) in [6, 6.07) is 9.71. The van der Waals surface area contributed by atoms with Gasteiger partial charge in [-0.3, -0.25) is 0 Å². The van der Waals surface area contributed by atoms with Crippen molar-refractivity contribution in [3.8, 4) is 0 Å². The van der Waals surface area contributed by atoms with Crippen LogP contribution in [0, 0.1) is 5.41 Å². The number of hydrogen-bond donors (Lipinski definition) is 0. The average Bonchev–Trinajstić information content (AvgIpc) is 2.14. The van der Waals surface area contributed by atoms with Crippen molar-refractivity contribution >= 4 is 6.08 Å². The van der Waals surface area contributed by atoms with Gasteiger partial charge in [0.05, 0.1) is 6.04 Å². The van der Waals surface area contributed by atoms with Crippen LogP contribution < -0.4 is 0 Å². The lowest BCUT2D eigenvalue weighted by molar-refractivity contribution is 0.328. The molecule has 14 heavy (non-hydrogen) atoms. The minimum absolute atomic E-state index is 0.0568. The molecular formula is C12H15NO. The molecule has 2 nitrogen and oxygen atoms in total. The van der Waals surface area contributed by atoms with Crippen molar-refractivity contribution in [1.82, 2.24) is 0 Å². The van der Waals surface area contributed by atoms with Gasteiger partial charge in [0.25, 0.3) is 0 Å². The Bertz CT molecular complexity index is 331. The maximum Gasteiger partial charge on any atom is 0.235 e. The molecule has 0 spiro atoms. The zero-order valence-corrected chi connectivity index (χ0v) is 8.82. The first-order chi connectivity index (χ1) is 6.55. The summed E-state index contributed by atoms with van der Waals surface area (Å²) in [6.45, 7) is 6.18. The van der Waals surface area contributed by atoms with Crippen LogP contribution >= 0.6 is 0 Å². The molecule has 1 unspecified atom stereocenters. The quantitative estimate of drug-likeness (QED) is 0.519. The van der Waals surface area contributed by atoms with Crippen LogP contribution in [-0.4, -0.2) is 6.08 Å². The summed E-state index contributed by atoms with van der Waals surface area (Å²) in [5.41, 5.74) is 1.00. The van der Waals surface area contributed by atoms with Crippen LogP contribution in [0.5, 0.6) is 0 Å². The molecular weight excluding hydrogens is 174 g/mol. The first kappa shape index (κ1) is 10.7. The zero-order chi connectivity index (χ0) is 10.6. The summed E-state index contributed by atoms with van der Waals surface area (Å²) in [5, 5.41) is 0. The van der Waals surface area contributed by atoms with Gasteiger partial charge >= 0.3 is 0 Å². The molecule has 0 saturated carbocycles. The average molecular weight is 189 g/mol. The molecule has 1 aromatic carbocycles. The molecule has 0 radical (unpaired) electrons. The minimum atomic E-state index is -0.110. The molecule has 1 atom stereocenters. The van der Waals surface area contributed by atoms with Crippen LogP contribution in [0.4, 0.5) is 0 Å². The lowest BCUT2D eigenvalue weighted by atomic mass is 9.83. The molecule has 2 heteroatoms. The highest BCUT2D eigenvalue weighted by atomic mass is 16.1. The van der Waals surface area contributed by atoms with Crippen LogP contribution in [0.25, 0.3) is 0 Å². The topological polar surface area (TPSA) is 29.4 Å². The zero-order valence-electron chi connectivity index (χ0n) is 8.82. The van der Waals surface area contributed by atoms with E-state index in [1.807, 2.05) is 30.3 Å². The van der Waals surface area contributed by atoms with E-state index in [0.29, 0.717) is 0 Å². The maximum atomic E-state index is 10.3. The summed E-state index contributed by atoms with van der Waals surface area (Å²) in [4.78, 5) is 14.2. The Labute approximate surface area is 84.7 Å². The molecule has 0 aromatic heterocycles. The number of benzene rings is 1. The minimum Gasteiger partial charge on any atom is -0.211 e. The number of aliphatic imine (C=N–C) groups is 1. The van der Waals surface area contributed by atoms with Crippen LogP contribution in [-0.2, 0) is 4.79 Å². The first-order valence-corrected chi connectivity index (χ1v) is 4.67. The molecule has 1 rings (SSSR count). The van der Waals surface area contributed by atoms with Gasteiger partial charge in [-0.1, -0.05) is 51.1 Å². The highest BCUT2D eigenvalue weighted by molar-refractivity contribution is 5.36. The van der Waals surface area contributed by atoms with Gasteiger partial charge in [0, 0.05) is 0 Å². The molecule has 0 heterocycles. The van der Waals surface area contributed by atoms with Crippen molar-refractivity contribution in [3.05, 3.63) is 35.9 Å². The predicted molar refractivity (Wildman–Crippen MR) is 56.8 cm³/mol. The third kappa shape index (κ3) is 2.54. The van der Waals surface area contributed by atoms with E-state index in [-0.39, 0.29) is 11.5 Å². The van der Waals surface area contributed by atoms with Crippen molar-refractivity contribution < 1.29 is 4.79 Å². The van der Waals surface area contributed by atoms with Gasteiger partial charge in [-0.25, -0.2) is 4.79 Å². The van der Waals surface area contributed by atoms with E-state index in [1.165, 1.54) is 0 Å². The largest absolute Gasteiger partial charge is 0.235 e. The molecule has 0 aliphatic carbocycles. The third-order valence-electron chi connectivity index (χ3n) is 2.12. The number of nitrogens with zero attached hydrogens (tertiary/aromatic N) is 1. The molecule has 74 valence electrons. The normalized spacial score (nSPS) is 13.1. The van der Waals surface area contributed by atoms with Gasteiger partial charge in [-0.2, -0.15) is 4.99 Å². The van der Waals surface area contributed by atoms with Crippen molar-refractivity contribution in [3.63, 3.8) is 0 Å². The highest BCUT2D eigenvalue weighted by Gasteiger charge is 2.25. The van der Waals surface area contributed by atoms with E-state index in [0.717, 1.165) is 5.56 Å². The Balaban J connectivity index is 3.07. The van der Waals surface area contributed by atoms with Gasteiger partial charge in [-0.15, -0.1) is 0 Å². The fourth-order valence-corrected chi connectivity index (χ4v) is 1.46. The van der Waals surface area contributed by atoms with Crippen molar-refractivity contribution in [1.29, 1.82) is 0 Å². The van der Waals surface area contributed by atoms with Gasteiger partial charge in [0.15, 0.2) is 0 Å². The fraction of sp³-hybridized carbons (Fsp3) is 0.417. The highest BCUT2D eigenvalue weighted by Crippen LogP contribution is 2.35. The monoisotopic (exact) mass is 189 g/mol. The second-order valence-electron chi connectivity index (χ2n) is 4.40. The Morgan fingerprint density at radius 3 is 2.21 bits per heavy atom. The molecule has 0 N–H and O–H groups in total. The number of hydrogen-bond acceptors (Lipinski definition) is 2. The van der Waals surface area contributed by atoms with Gasteiger partial charge < -0.3 is 0 Å². The van der Waals surface area contributed by atoms with Crippen molar-refractivity contribution in [2.45, 2.75) is 26.8 Å². The van der Waals surface area contributed by atoms with Crippen molar-refractivity contribution in [2.24, 2.45) is 10.4 Å². The van der Waals surface area contributed by atoms with Crippen LogP contribution in [0.3, 0.4) is 0 Å². The Kier molecular flexibility index (Phi) is 3.21. The number of carbonyl (C=O) groups excluding carboxylic acids is 1. The van der Waals surface area contributed by atoms with E-state index in [9.17, 15) is 4.79 Å². The van der Waals surface area contributed by atoms with Crippen LogP contribution in [0.15, 0.2) is 35.3 Å². The van der Waals surface area contributed by atoms with Gasteiger partial charge in [-0.05, 0) is 11.0 Å². The lowest BCUT2D eigenvalue weighted by Gasteiger charge is -2.26. The van der Waals surface area contributed by atoms with Crippen LogP contribution in [0.2, 0.25) is 0 Å². The summed E-state index contributed by atoms with van der Waals surface area (Å²) >= 11 is 0. The van der Waals surface area contributed by atoms with E-state index >= 15 is 0 Å². The van der Waals surface area contributed by atoms with Gasteiger partial charge in [0.2, 0.25) is 6.08 Å². The van der Waals surface area contributed by atoms with Crippen molar-refractivity contribution in [2.75, 3.05) is 0 Å². The first-order valence-electron chi connectivity index (χ1n) is 4.67. The molecule has 0 saturated heterocycles. The standard InChI is InChI=1S/C12H15NO/c1-12(2,3)11(13-9-14)10-7-5-4-6-8-10/h4-8,11H,1-3H3. The third-order valence-corrected chi connectivity index (χ3v) is 2.12. The summed E-state index contributed by atoms with van der Waals surface area (Å²) < 4.78 is 0. The number of rotatable bonds is 2. The Hall–Kier alpha value is -1.40. The van der Waals surface area contributed by atoms with E-state index in [2.05, 4.69) is 25.8 Å². The molecule has 0 amide bonds. The SMILES string of the molecule is CC(C)(C)C(N=C=O)c1ccccc1. The summed E-state index contributed by atoms with van der Waals surface area (Å²) in [6.07, 6.45) is 1.65. The van der Waals surface area contributed by atoms with E-state index in [1.54, 1.807) is 6.08 Å². The predicted octanol–water partition coefficient (Wildman–Crippen LogP) is 3.11. The lowest BCUT2D eigenvalue weighted by Crippen LogP contribution is -2.16. The molecule has 1 aromatic rings. The van der Waals surface area contributed by atoms with E-state index < -0.39 is 0 Å². The summed E-state index contributed by atoms with van der Waals surface area (Å²) in [5.74, 6) is 0.